The van der Waals surface area contributed by atoms with Gasteiger partial charge in [0, 0.05) is 18.6 Å². The first-order valence-electron chi connectivity index (χ1n) is 6.56. The topological polar surface area (TPSA) is 42.7 Å². The van der Waals surface area contributed by atoms with Crippen LogP contribution in [0.3, 0.4) is 0 Å². The molecule has 3 rings (SSSR count). The van der Waals surface area contributed by atoms with Crippen LogP contribution in [-0.4, -0.2) is 21.8 Å². The van der Waals surface area contributed by atoms with Crippen molar-refractivity contribution in [1.29, 1.82) is 0 Å². The maximum atomic E-state index is 4.65. The summed E-state index contributed by atoms with van der Waals surface area (Å²) in [5.74, 6) is 0. The van der Waals surface area contributed by atoms with Crippen molar-refractivity contribution in [3.63, 3.8) is 0 Å². The summed E-state index contributed by atoms with van der Waals surface area (Å²) in [5, 5.41) is 7.94. The van der Waals surface area contributed by atoms with Crippen LogP contribution in [0.5, 0.6) is 0 Å². The van der Waals surface area contributed by atoms with E-state index in [0.29, 0.717) is 0 Å². The molecule has 0 saturated carbocycles. The van der Waals surface area contributed by atoms with E-state index in [2.05, 4.69) is 21.5 Å². The van der Waals surface area contributed by atoms with Gasteiger partial charge in [0.05, 0.1) is 17.4 Å². The maximum absolute atomic E-state index is 4.65. The summed E-state index contributed by atoms with van der Waals surface area (Å²) in [7, 11) is 1.93. The standard InChI is InChI=1S/C16H16N4/c1-17-16(13-6-5-10-18-12-13)15-9-11-20(19-15)14-7-3-2-4-8-14/h2-12,16-17H,1H3. The molecule has 0 saturated heterocycles. The second kappa shape index (κ2) is 5.67. The molecule has 0 aliphatic heterocycles. The van der Waals surface area contributed by atoms with Gasteiger partial charge in [-0.2, -0.15) is 5.10 Å². The molecular weight excluding hydrogens is 248 g/mol. The zero-order valence-electron chi connectivity index (χ0n) is 11.3. The lowest BCUT2D eigenvalue weighted by Gasteiger charge is -2.13. The van der Waals surface area contributed by atoms with Gasteiger partial charge < -0.3 is 5.32 Å². The Labute approximate surface area is 118 Å². The molecule has 20 heavy (non-hydrogen) atoms. The zero-order chi connectivity index (χ0) is 13.8. The van der Waals surface area contributed by atoms with Gasteiger partial charge in [-0.25, -0.2) is 4.68 Å². The Morgan fingerprint density at radius 2 is 1.90 bits per heavy atom. The Morgan fingerprint density at radius 1 is 1.05 bits per heavy atom. The average Bonchev–Trinajstić information content (AvgIpc) is 3.00. The zero-order valence-corrected chi connectivity index (χ0v) is 11.3. The van der Waals surface area contributed by atoms with E-state index in [1.165, 1.54) is 0 Å². The molecule has 0 radical (unpaired) electrons. The summed E-state index contributed by atoms with van der Waals surface area (Å²) in [6.45, 7) is 0. The Balaban J connectivity index is 1.93. The third-order valence-corrected chi connectivity index (χ3v) is 3.23. The summed E-state index contributed by atoms with van der Waals surface area (Å²) < 4.78 is 1.88. The Kier molecular flexibility index (Phi) is 3.56. The maximum Gasteiger partial charge on any atom is 0.0844 e. The molecule has 3 aromatic rings. The first kappa shape index (κ1) is 12.6. The predicted octanol–water partition coefficient (Wildman–Crippen LogP) is 2.58. The van der Waals surface area contributed by atoms with Crippen LogP contribution in [0, 0.1) is 0 Å². The summed E-state index contributed by atoms with van der Waals surface area (Å²) in [4.78, 5) is 4.17. The van der Waals surface area contributed by atoms with E-state index >= 15 is 0 Å². The minimum absolute atomic E-state index is 0.0497. The van der Waals surface area contributed by atoms with E-state index in [4.69, 9.17) is 0 Å². The number of rotatable bonds is 4. The quantitative estimate of drug-likeness (QED) is 0.787. The molecule has 1 N–H and O–H groups in total. The van der Waals surface area contributed by atoms with Gasteiger partial charge in [-0.3, -0.25) is 4.98 Å². The van der Waals surface area contributed by atoms with Crippen molar-refractivity contribution < 1.29 is 0 Å². The Morgan fingerprint density at radius 3 is 2.60 bits per heavy atom. The highest BCUT2D eigenvalue weighted by molar-refractivity contribution is 5.32. The lowest BCUT2D eigenvalue weighted by molar-refractivity contribution is 0.655. The van der Waals surface area contributed by atoms with Gasteiger partial charge in [-0.1, -0.05) is 24.3 Å². The number of hydrogen-bond donors (Lipinski definition) is 1. The van der Waals surface area contributed by atoms with Gasteiger partial charge >= 0.3 is 0 Å². The Hall–Kier alpha value is -2.46. The molecule has 100 valence electrons. The fourth-order valence-electron chi connectivity index (χ4n) is 2.25. The molecule has 0 aliphatic rings. The number of aromatic nitrogens is 3. The number of nitrogens with one attached hydrogen (secondary N) is 1. The molecule has 0 fully saturated rings. The molecule has 2 heterocycles. The van der Waals surface area contributed by atoms with Gasteiger partial charge in [0.1, 0.15) is 0 Å². The van der Waals surface area contributed by atoms with Crippen molar-refractivity contribution in [3.05, 3.63) is 78.4 Å². The van der Waals surface area contributed by atoms with Crippen molar-refractivity contribution in [3.8, 4) is 5.69 Å². The molecule has 1 atom stereocenters. The molecule has 4 heteroatoms. The second-order valence-corrected chi connectivity index (χ2v) is 4.53. The minimum Gasteiger partial charge on any atom is -0.308 e. The molecule has 1 unspecified atom stereocenters. The van der Waals surface area contributed by atoms with Crippen LogP contribution >= 0.6 is 0 Å². The highest BCUT2D eigenvalue weighted by atomic mass is 15.3. The molecule has 0 bridgehead atoms. The summed E-state index contributed by atoms with van der Waals surface area (Å²) in [5.41, 5.74) is 3.14. The molecule has 0 aliphatic carbocycles. The van der Waals surface area contributed by atoms with Crippen molar-refractivity contribution in [2.45, 2.75) is 6.04 Å². The highest BCUT2D eigenvalue weighted by Gasteiger charge is 2.15. The lowest BCUT2D eigenvalue weighted by atomic mass is 10.1. The van der Waals surface area contributed by atoms with E-state index in [1.807, 2.05) is 66.6 Å². The summed E-state index contributed by atoms with van der Waals surface area (Å²) in [6.07, 6.45) is 5.62. The molecule has 1 aromatic carbocycles. The van der Waals surface area contributed by atoms with Gasteiger partial charge in [0.2, 0.25) is 0 Å². The average molecular weight is 264 g/mol. The molecule has 0 amide bonds. The molecular formula is C16H16N4. The van der Waals surface area contributed by atoms with E-state index in [9.17, 15) is 0 Å². The smallest absolute Gasteiger partial charge is 0.0844 e. The van der Waals surface area contributed by atoms with Crippen molar-refractivity contribution >= 4 is 0 Å². The van der Waals surface area contributed by atoms with E-state index in [1.54, 1.807) is 6.20 Å². The SMILES string of the molecule is CNC(c1cccnc1)c1ccn(-c2ccccc2)n1. The molecule has 0 spiro atoms. The van der Waals surface area contributed by atoms with Crippen LogP contribution in [0.25, 0.3) is 5.69 Å². The van der Waals surface area contributed by atoms with Gasteiger partial charge in [-0.05, 0) is 36.9 Å². The van der Waals surface area contributed by atoms with Gasteiger partial charge in [-0.15, -0.1) is 0 Å². The largest absolute Gasteiger partial charge is 0.308 e. The van der Waals surface area contributed by atoms with Crippen LogP contribution in [-0.2, 0) is 0 Å². The van der Waals surface area contributed by atoms with E-state index in [-0.39, 0.29) is 6.04 Å². The molecule has 2 aromatic heterocycles. The third kappa shape index (κ3) is 2.46. The van der Waals surface area contributed by atoms with E-state index < -0.39 is 0 Å². The van der Waals surface area contributed by atoms with Crippen LogP contribution < -0.4 is 5.32 Å². The number of pyridine rings is 1. The van der Waals surface area contributed by atoms with Crippen molar-refractivity contribution in [2.24, 2.45) is 0 Å². The Bertz CT molecular complexity index is 661. The van der Waals surface area contributed by atoms with Crippen molar-refractivity contribution in [2.75, 3.05) is 7.05 Å². The number of nitrogens with zero attached hydrogens (tertiary/aromatic N) is 3. The fourth-order valence-corrected chi connectivity index (χ4v) is 2.25. The normalized spacial score (nSPS) is 12.2. The predicted molar refractivity (Wildman–Crippen MR) is 78.7 cm³/mol. The monoisotopic (exact) mass is 264 g/mol. The highest BCUT2D eigenvalue weighted by Crippen LogP contribution is 2.20. The first-order chi connectivity index (χ1) is 9.88. The number of benzene rings is 1. The lowest BCUT2D eigenvalue weighted by Crippen LogP contribution is -2.18. The van der Waals surface area contributed by atoms with Crippen LogP contribution in [0.1, 0.15) is 17.3 Å². The van der Waals surface area contributed by atoms with Gasteiger partial charge in [0.15, 0.2) is 0 Å². The fraction of sp³-hybridized carbons (Fsp3) is 0.125. The summed E-state index contributed by atoms with van der Waals surface area (Å²) >= 11 is 0. The molecule has 4 nitrogen and oxygen atoms in total. The number of para-hydroxylation sites is 1. The first-order valence-corrected chi connectivity index (χ1v) is 6.56. The van der Waals surface area contributed by atoms with Crippen LogP contribution in [0.4, 0.5) is 0 Å². The third-order valence-electron chi connectivity index (χ3n) is 3.23. The minimum atomic E-state index is 0.0497. The van der Waals surface area contributed by atoms with Crippen LogP contribution in [0.15, 0.2) is 67.1 Å². The number of hydrogen-bond acceptors (Lipinski definition) is 3. The van der Waals surface area contributed by atoms with Crippen molar-refractivity contribution in [1.82, 2.24) is 20.1 Å². The van der Waals surface area contributed by atoms with Gasteiger partial charge in [0.25, 0.3) is 0 Å². The van der Waals surface area contributed by atoms with E-state index in [0.717, 1.165) is 16.9 Å². The summed E-state index contributed by atoms with van der Waals surface area (Å²) in [6, 6.07) is 16.2. The van der Waals surface area contributed by atoms with Crippen LogP contribution in [0.2, 0.25) is 0 Å². The second-order valence-electron chi connectivity index (χ2n) is 4.53.